The van der Waals surface area contributed by atoms with Gasteiger partial charge in [-0.15, -0.1) is 0 Å². The molecule has 0 aromatic rings. The van der Waals surface area contributed by atoms with Crippen molar-refractivity contribution in [3.05, 3.63) is 12.2 Å². The second-order valence-corrected chi connectivity index (χ2v) is 27.5. The van der Waals surface area contributed by atoms with Crippen molar-refractivity contribution in [2.45, 2.75) is 205 Å². The predicted molar refractivity (Wildman–Crippen MR) is 221 cm³/mol. The molecule has 12 nitrogen and oxygen atoms in total. The third-order valence-corrected chi connectivity index (χ3v) is 22.2. The van der Waals surface area contributed by atoms with Gasteiger partial charge in [-0.1, -0.05) is 60.6 Å². The number of hydrogen-bond acceptors (Lipinski definition) is 12. The molecule has 0 saturated carbocycles. The summed E-state index contributed by atoms with van der Waals surface area (Å²) in [5, 5.41) is 11.8. The molecule has 2 aliphatic heterocycles. The average Bonchev–Trinajstić information content (AvgIpc) is 3.12. The lowest BCUT2D eigenvalue weighted by Gasteiger charge is -2.46. The van der Waals surface area contributed by atoms with Gasteiger partial charge in [0.25, 0.3) is 0 Å². The van der Waals surface area contributed by atoms with E-state index in [1.165, 1.54) is 7.11 Å². The number of rotatable bonds is 13. The minimum absolute atomic E-state index is 0.141. The Bertz CT molecular complexity index is 1230. The highest BCUT2D eigenvalue weighted by Crippen LogP contribution is 2.41. The Kier molecular flexibility index (Phi) is 18.6. The van der Waals surface area contributed by atoms with Crippen LogP contribution in [0, 0.1) is 5.92 Å². The summed E-state index contributed by atoms with van der Waals surface area (Å²) in [5.41, 5.74) is -2.22. The zero-order chi connectivity index (χ0) is 42.2. The first kappa shape index (κ1) is 49.8. The maximum Gasteiger partial charge on any atom is 0.508 e. The predicted octanol–water partition coefficient (Wildman–Crippen LogP) is 8.22. The number of aliphatic hydroxyl groups is 1. The van der Waals surface area contributed by atoms with E-state index in [0.29, 0.717) is 25.7 Å². The van der Waals surface area contributed by atoms with Crippen LogP contribution in [0.3, 0.4) is 0 Å². The molecule has 0 spiro atoms. The number of esters is 1. The van der Waals surface area contributed by atoms with E-state index in [9.17, 15) is 14.7 Å². The minimum atomic E-state index is -2.42. The summed E-state index contributed by atoms with van der Waals surface area (Å²) < 4.78 is 50.8. The van der Waals surface area contributed by atoms with Crippen LogP contribution in [0.25, 0.3) is 0 Å². The zero-order valence-corrected chi connectivity index (χ0v) is 39.5. The number of ether oxygens (including phenoxy) is 6. The van der Waals surface area contributed by atoms with Crippen LogP contribution in [0.1, 0.15) is 108 Å². The molecule has 2 heterocycles. The fourth-order valence-electron chi connectivity index (χ4n) is 7.41. The molecular weight excluding hydrogens is 739 g/mol. The van der Waals surface area contributed by atoms with E-state index < -0.39 is 76.6 Å². The summed E-state index contributed by atoms with van der Waals surface area (Å²) >= 11 is 0. The van der Waals surface area contributed by atoms with Crippen LogP contribution in [-0.2, 0) is 42.1 Å². The van der Waals surface area contributed by atoms with Gasteiger partial charge >= 0.3 is 12.1 Å². The quantitative estimate of drug-likeness (QED) is 0.109. The van der Waals surface area contributed by atoms with Gasteiger partial charge < -0.3 is 47.3 Å². The van der Waals surface area contributed by atoms with Crippen LogP contribution in [0.15, 0.2) is 12.2 Å². The lowest BCUT2D eigenvalue weighted by atomic mass is 9.85. The van der Waals surface area contributed by atoms with Crippen molar-refractivity contribution >= 4 is 28.8 Å². The minimum Gasteiger partial charge on any atom is -0.459 e. The summed E-state index contributed by atoms with van der Waals surface area (Å²) in [6.45, 7) is 26.9. The van der Waals surface area contributed by atoms with Crippen LogP contribution in [-0.4, -0.2) is 127 Å². The van der Waals surface area contributed by atoms with E-state index in [1.807, 2.05) is 65.8 Å². The molecule has 0 unspecified atom stereocenters. The Morgan fingerprint density at radius 3 is 2.11 bits per heavy atom. The Labute approximate surface area is 335 Å². The highest BCUT2D eigenvalue weighted by molar-refractivity contribution is 6.74. The smallest absolute Gasteiger partial charge is 0.459 e. The Balaban J connectivity index is 2.85. The summed E-state index contributed by atoms with van der Waals surface area (Å²) in [6, 6.07) is 2.62. The molecule has 1 fully saturated rings. The maximum absolute atomic E-state index is 14.4. The Morgan fingerprint density at radius 2 is 1.62 bits per heavy atom. The van der Waals surface area contributed by atoms with Crippen molar-refractivity contribution in [1.29, 1.82) is 0 Å². The lowest BCUT2D eigenvalue weighted by Crippen LogP contribution is -2.59. The summed E-state index contributed by atoms with van der Waals surface area (Å²) in [4.78, 5) is 29.0. The van der Waals surface area contributed by atoms with Crippen LogP contribution in [0.2, 0.25) is 36.3 Å². The molecule has 0 aromatic heterocycles. The number of methoxy groups -OCH3 is 2. The van der Waals surface area contributed by atoms with Crippen LogP contribution in [0.4, 0.5) is 4.79 Å². The first-order valence-corrected chi connectivity index (χ1v) is 26.1. The van der Waals surface area contributed by atoms with Gasteiger partial charge in [-0.05, 0) is 104 Å². The number of aliphatic hydroxyl groups excluding tert-OH is 1. The first-order valence-electron chi connectivity index (χ1n) is 20.6. The molecule has 2 rings (SSSR count). The second-order valence-electron chi connectivity index (χ2n) is 18.0. The Hall–Kier alpha value is -1.37. The highest BCUT2D eigenvalue weighted by Gasteiger charge is 2.49. The van der Waals surface area contributed by atoms with E-state index in [1.54, 1.807) is 7.11 Å². The van der Waals surface area contributed by atoms with Crippen LogP contribution >= 0.6 is 0 Å². The molecule has 0 aliphatic carbocycles. The van der Waals surface area contributed by atoms with Crippen molar-refractivity contribution < 1.29 is 52.0 Å². The second kappa shape index (κ2) is 20.6. The lowest BCUT2D eigenvalue weighted by molar-refractivity contribution is -0.293. The zero-order valence-electron chi connectivity index (χ0n) is 37.5. The van der Waals surface area contributed by atoms with E-state index >= 15 is 0 Å². The summed E-state index contributed by atoms with van der Waals surface area (Å²) in [7, 11) is 2.18. The SMILES string of the molecule is CC[C@H]1OC(=O)[C@H](C)[C@@H](O[Si](C)(C)C(C)(C)C)C[C@@H](O)[C@](C)(OC)CC[C@@H](O[Si](CC)(CC)CC)/C=C/[C@]1(C)O[C@@H]1O[C@H](C)C[C@H](N(C)C)[C@H]1OC(=O)OC. The topological polar surface area (TPSA) is 131 Å². The van der Waals surface area contributed by atoms with Crippen molar-refractivity contribution in [3.63, 3.8) is 0 Å². The molecule has 55 heavy (non-hydrogen) atoms. The molecular formula is C41H79NO11Si2. The van der Waals surface area contributed by atoms with Crippen molar-refractivity contribution in [1.82, 2.24) is 4.90 Å². The number of cyclic esters (lactones) is 1. The first-order chi connectivity index (χ1) is 25.4. The van der Waals surface area contributed by atoms with Crippen LogP contribution in [0.5, 0.6) is 0 Å². The van der Waals surface area contributed by atoms with Gasteiger partial charge in [0, 0.05) is 13.5 Å². The molecule has 0 amide bonds. The normalized spacial score (nSPS) is 35.5. The number of nitrogens with zero attached hydrogens (tertiary/aromatic N) is 1. The molecule has 14 heteroatoms. The van der Waals surface area contributed by atoms with Gasteiger partial charge in [0.1, 0.15) is 11.7 Å². The molecule has 322 valence electrons. The van der Waals surface area contributed by atoms with E-state index in [0.717, 1.165) is 18.1 Å². The summed E-state index contributed by atoms with van der Waals surface area (Å²) in [6.07, 6.45) is 0.546. The molecule has 1 saturated heterocycles. The van der Waals surface area contributed by atoms with Crippen molar-refractivity contribution in [3.8, 4) is 0 Å². The fraction of sp³-hybridized carbons (Fsp3) is 0.902. The highest BCUT2D eigenvalue weighted by atomic mass is 28.4. The largest absolute Gasteiger partial charge is 0.508 e. The van der Waals surface area contributed by atoms with Gasteiger partial charge in [-0.3, -0.25) is 4.79 Å². The van der Waals surface area contributed by atoms with Gasteiger partial charge in [0.05, 0.1) is 49.1 Å². The number of carbonyl (C=O) groups is 2. The van der Waals surface area contributed by atoms with Gasteiger partial charge in [0.15, 0.2) is 29.0 Å². The Morgan fingerprint density at radius 1 is 1.02 bits per heavy atom. The van der Waals surface area contributed by atoms with E-state index in [2.05, 4.69) is 54.6 Å². The van der Waals surface area contributed by atoms with Gasteiger partial charge in [0.2, 0.25) is 0 Å². The number of likely N-dealkylation sites (N-methyl/N-ethyl adjacent to an activating group) is 1. The van der Waals surface area contributed by atoms with E-state index in [4.69, 9.17) is 37.3 Å². The molecule has 0 bridgehead atoms. The monoisotopic (exact) mass is 818 g/mol. The number of hydrogen-bond donors (Lipinski definition) is 1. The van der Waals surface area contributed by atoms with E-state index in [-0.39, 0.29) is 29.7 Å². The standard InChI is InChI=1S/C41H79NO11Si2/c1-18-34-41(11,51-37-35(50-38(45)46-14)31(42(12)13)26-28(5)48-37)25-23-30(52-55(19-2,20-3)21-4)22-24-40(10,47-15)33(43)27-32(29(6)36(44)49-34)53-54(16,17)39(7,8)9/h23,25,28-35,37,43H,18-22,24,26-27H2,1-17H3/b25-23+/t28-,29-,30-,31+,32+,33-,34-,35-,37+,40-,41+/m1/s1. The third-order valence-electron chi connectivity index (χ3n) is 13.0. The van der Waals surface area contributed by atoms with Crippen molar-refractivity contribution in [2.24, 2.45) is 5.92 Å². The van der Waals surface area contributed by atoms with Gasteiger partial charge in [-0.25, -0.2) is 4.79 Å². The molecule has 1 N–H and O–H groups in total. The summed E-state index contributed by atoms with van der Waals surface area (Å²) in [5.74, 6) is -1.19. The maximum atomic E-state index is 14.4. The molecule has 0 radical (unpaired) electrons. The molecule has 2 aliphatic rings. The van der Waals surface area contributed by atoms with Crippen LogP contribution < -0.4 is 0 Å². The van der Waals surface area contributed by atoms with Gasteiger partial charge in [-0.2, -0.15) is 0 Å². The average molecular weight is 818 g/mol. The fourth-order valence-corrected chi connectivity index (χ4v) is 11.7. The molecule has 0 aromatic carbocycles. The molecule has 11 atom stereocenters. The van der Waals surface area contributed by atoms with Crippen molar-refractivity contribution in [2.75, 3.05) is 28.3 Å². The number of carbonyl (C=O) groups excluding carboxylic acids is 2. The third kappa shape index (κ3) is 12.8.